The molecule has 1 aromatic rings. The van der Waals surface area contributed by atoms with Crippen LogP contribution in [0.15, 0.2) is 18.2 Å². The number of hydrogen-bond acceptors (Lipinski definition) is 3. The normalized spacial score (nSPS) is 27.7. The summed E-state index contributed by atoms with van der Waals surface area (Å²) in [7, 11) is 0. The predicted octanol–water partition coefficient (Wildman–Crippen LogP) is 1.38. The molecule has 2 aliphatic rings. The van der Waals surface area contributed by atoms with E-state index in [-0.39, 0.29) is 10.6 Å². The largest absolute Gasteiger partial charge is 0.315 e. The predicted molar refractivity (Wildman–Crippen MR) is 51.4 cm³/mol. The van der Waals surface area contributed by atoms with Gasteiger partial charge >= 0.3 is 0 Å². The SMILES string of the molecule is O=[N+]([O-])c1ccc2c(c1)C1CNCC21. The Morgan fingerprint density at radius 3 is 2.71 bits per heavy atom. The van der Waals surface area contributed by atoms with Crippen molar-refractivity contribution in [2.45, 2.75) is 11.8 Å². The lowest BCUT2D eigenvalue weighted by Gasteiger charge is -2.33. The molecule has 0 amide bonds. The van der Waals surface area contributed by atoms with Gasteiger partial charge in [-0.2, -0.15) is 0 Å². The highest BCUT2D eigenvalue weighted by Crippen LogP contribution is 2.49. The van der Waals surface area contributed by atoms with Crippen LogP contribution in [-0.4, -0.2) is 18.0 Å². The fraction of sp³-hybridized carbons (Fsp3) is 0.400. The van der Waals surface area contributed by atoms with E-state index in [9.17, 15) is 10.1 Å². The summed E-state index contributed by atoms with van der Waals surface area (Å²) in [4.78, 5) is 10.2. The molecule has 1 N–H and O–H groups in total. The Kier molecular flexibility index (Phi) is 1.44. The summed E-state index contributed by atoms with van der Waals surface area (Å²) in [5.41, 5.74) is 2.69. The molecular weight excluding hydrogens is 180 g/mol. The van der Waals surface area contributed by atoms with Gasteiger partial charge in [-0.05, 0) is 11.1 Å². The van der Waals surface area contributed by atoms with Crippen molar-refractivity contribution in [3.05, 3.63) is 39.4 Å². The van der Waals surface area contributed by atoms with Crippen LogP contribution in [0.4, 0.5) is 5.69 Å². The van der Waals surface area contributed by atoms with Crippen molar-refractivity contribution in [1.82, 2.24) is 5.32 Å². The van der Waals surface area contributed by atoms with E-state index in [0.717, 1.165) is 13.1 Å². The van der Waals surface area contributed by atoms with E-state index in [4.69, 9.17) is 0 Å². The number of nitro benzene ring substituents is 1. The Hall–Kier alpha value is -1.42. The first-order valence-electron chi connectivity index (χ1n) is 4.76. The zero-order valence-electron chi connectivity index (χ0n) is 7.56. The number of hydrogen-bond donors (Lipinski definition) is 1. The summed E-state index contributed by atoms with van der Waals surface area (Å²) < 4.78 is 0. The topological polar surface area (TPSA) is 55.2 Å². The molecule has 1 aliphatic heterocycles. The Balaban J connectivity index is 2.05. The van der Waals surface area contributed by atoms with Gasteiger partial charge in [0.2, 0.25) is 0 Å². The van der Waals surface area contributed by atoms with Gasteiger partial charge in [0, 0.05) is 37.1 Å². The molecule has 1 saturated heterocycles. The number of benzene rings is 1. The maximum absolute atomic E-state index is 10.6. The minimum Gasteiger partial charge on any atom is -0.315 e. The molecule has 72 valence electrons. The van der Waals surface area contributed by atoms with Gasteiger partial charge in [0.25, 0.3) is 5.69 Å². The molecule has 0 aromatic heterocycles. The fourth-order valence-corrected chi connectivity index (χ4v) is 2.57. The van der Waals surface area contributed by atoms with Crippen molar-refractivity contribution < 1.29 is 4.92 Å². The maximum Gasteiger partial charge on any atom is 0.269 e. The van der Waals surface area contributed by atoms with E-state index in [1.807, 2.05) is 6.07 Å². The van der Waals surface area contributed by atoms with E-state index < -0.39 is 0 Å². The van der Waals surface area contributed by atoms with Crippen molar-refractivity contribution in [2.24, 2.45) is 0 Å². The van der Waals surface area contributed by atoms with Crippen LogP contribution < -0.4 is 5.32 Å². The van der Waals surface area contributed by atoms with Crippen LogP contribution in [-0.2, 0) is 0 Å². The van der Waals surface area contributed by atoms with Crippen molar-refractivity contribution in [2.75, 3.05) is 13.1 Å². The second-order valence-electron chi connectivity index (χ2n) is 3.94. The molecule has 0 bridgehead atoms. The standard InChI is InChI=1S/C10H10N2O2/c13-12(14)6-1-2-7-8(3-6)10-5-11-4-9(7)10/h1-3,9-11H,4-5H2. The first kappa shape index (κ1) is 7.94. The van der Waals surface area contributed by atoms with Crippen LogP contribution in [0, 0.1) is 10.1 Å². The van der Waals surface area contributed by atoms with Crippen LogP contribution in [0.25, 0.3) is 0 Å². The number of rotatable bonds is 1. The van der Waals surface area contributed by atoms with Gasteiger partial charge in [-0.25, -0.2) is 0 Å². The number of fused-ring (bicyclic) bond motifs is 4. The molecule has 1 aliphatic carbocycles. The molecule has 1 heterocycles. The lowest BCUT2D eigenvalue weighted by Crippen LogP contribution is -2.22. The van der Waals surface area contributed by atoms with Gasteiger partial charge < -0.3 is 5.32 Å². The van der Waals surface area contributed by atoms with Crippen LogP contribution in [0.5, 0.6) is 0 Å². The highest BCUT2D eigenvalue weighted by Gasteiger charge is 2.41. The number of nitrogens with zero attached hydrogens (tertiary/aromatic N) is 1. The first-order chi connectivity index (χ1) is 6.77. The van der Waals surface area contributed by atoms with E-state index in [1.54, 1.807) is 12.1 Å². The summed E-state index contributed by atoms with van der Waals surface area (Å²) in [6.07, 6.45) is 0. The monoisotopic (exact) mass is 190 g/mol. The van der Waals surface area contributed by atoms with Crippen molar-refractivity contribution in [3.63, 3.8) is 0 Å². The van der Waals surface area contributed by atoms with E-state index in [0.29, 0.717) is 11.8 Å². The minimum atomic E-state index is -0.323. The molecule has 0 saturated carbocycles. The molecule has 1 aromatic carbocycles. The van der Waals surface area contributed by atoms with Gasteiger partial charge in [0.05, 0.1) is 4.92 Å². The van der Waals surface area contributed by atoms with Crippen molar-refractivity contribution in [3.8, 4) is 0 Å². The second-order valence-corrected chi connectivity index (χ2v) is 3.94. The fourth-order valence-electron chi connectivity index (χ4n) is 2.57. The molecular formula is C10H10N2O2. The van der Waals surface area contributed by atoms with Gasteiger partial charge in [0.15, 0.2) is 0 Å². The molecule has 0 radical (unpaired) electrons. The van der Waals surface area contributed by atoms with E-state index in [2.05, 4.69) is 5.32 Å². The maximum atomic E-state index is 10.6. The van der Waals surface area contributed by atoms with Gasteiger partial charge in [0.1, 0.15) is 0 Å². The second kappa shape index (κ2) is 2.54. The van der Waals surface area contributed by atoms with Crippen molar-refractivity contribution in [1.29, 1.82) is 0 Å². The molecule has 3 rings (SSSR count). The Labute approximate surface area is 81.1 Å². The molecule has 4 nitrogen and oxygen atoms in total. The zero-order chi connectivity index (χ0) is 9.71. The average Bonchev–Trinajstić information content (AvgIpc) is 2.57. The Morgan fingerprint density at radius 2 is 2.00 bits per heavy atom. The Morgan fingerprint density at radius 1 is 1.29 bits per heavy atom. The summed E-state index contributed by atoms with van der Waals surface area (Å²) >= 11 is 0. The lowest BCUT2D eigenvalue weighted by molar-refractivity contribution is -0.385. The molecule has 0 spiro atoms. The number of nitro groups is 1. The van der Waals surface area contributed by atoms with Crippen molar-refractivity contribution >= 4 is 5.69 Å². The van der Waals surface area contributed by atoms with Gasteiger partial charge in [-0.3, -0.25) is 10.1 Å². The Bertz CT molecular complexity index is 417. The van der Waals surface area contributed by atoms with Crippen LogP contribution in [0.2, 0.25) is 0 Å². The highest BCUT2D eigenvalue weighted by molar-refractivity contribution is 5.52. The van der Waals surface area contributed by atoms with Gasteiger partial charge in [-0.1, -0.05) is 6.07 Å². The number of nitrogens with one attached hydrogen (secondary N) is 1. The summed E-state index contributed by atoms with van der Waals surface area (Å²) in [5.74, 6) is 1.12. The third-order valence-corrected chi connectivity index (χ3v) is 3.29. The summed E-state index contributed by atoms with van der Waals surface area (Å²) in [6.45, 7) is 1.99. The number of non-ortho nitro benzene ring substituents is 1. The molecule has 2 unspecified atom stereocenters. The van der Waals surface area contributed by atoms with E-state index >= 15 is 0 Å². The minimum absolute atomic E-state index is 0.217. The highest BCUT2D eigenvalue weighted by atomic mass is 16.6. The van der Waals surface area contributed by atoms with Gasteiger partial charge in [-0.15, -0.1) is 0 Å². The first-order valence-corrected chi connectivity index (χ1v) is 4.76. The molecule has 4 heteroatoms. The van der Waals surface area contributed by atoms with Crippen LogP contribution in [0.3, 0.4) is 0 Å². The summed E-state index contributed by atoms with van der Waals surface area (Å²) in [5, 5.41) is 13.9. The van der Waals surface area contributed by atoms with E-state index in [1.165, 1.54) is 11.1 Å². The molecule has 2 atom stereocenters. The molecule has 1 fully saturated rings. The third kappa shape index (κ3) is 0.861. The van der Waals surface area contributed by atoms with Crippen LogP contribution in [0.1, 0.15) is 23.0 Å². The average molecular weight is 190 g/mol. The quantitative estimate of drug-likeness (QED) is 0.537. The zero-order valence-corrected chi connectivity index (χ0v) is 7.56. The third-order valence-electron chi connectivity index (χ3n) is 3.29. The smallest absolute Gasteiger partial charge is 0.269 e. The molecule has 14 heavy (non-hydrogen) atoms. The summed E-state index contributed by atoms with van der Waals surface area (Å²) in [6, 6.07) is 5.23. The van der Waals surface area contributed by atoms with Crippen LogP contribution >= 0.6 is 0 Å². The lowest BCUT2D eigenvalue weighted by atomic mass is 9.70.